The van der Waals surface area contributed by atoms with E-state index in [1.54, 1.807) is 0 Å². The van der Waals surface area contributed by atoms with Gasteiger partial charge in [0.1, 0.15) is 5.75 Å². The van der Waals surface area contributed by atoms with Gasteiger partial charge in [-0.05, 0) is 37.5 Å². The standard InChI is InChI=1S/C25H29N5O7/c26-22(31)16-28(15-18-8-4-12-37-18)23(32)14-19-21(30(34)35)10-9-20-24(19)29(25(33)27-20)11-5-13-36-17-6-2-1-3-7-17/h1-3,6-7,9-10,18H,4-5,8,11-16H2,(H2,26,31)(H,27,33). The van der Waals surface area contributed by atoms with Crippen LogP contribution in [0.3, 0.4) is 0 Å². The normalized spacial score (nSPS) is 15.1. The summed E-state index contributed by atoms with van der Waals surface area (Å²) in [7, 11) is 0. The molecule has 12 nitrogen and oxygen atoms in total. The Balaban J connectivity index is 1.60. The summed E-state index contributed by atoms with van der Waals surface area (Å²) in [6.07, 6.45) is 1.41. The first-order chi connectivity index (χ1) is 17.8. The highest BCUT2D eigenvalue weighted by atomic mass is 16.6. The zero-order valence-electron chi connectivity index (χ0n) is 20.3. The molecular formula is C25H29N5O7. The number of nitrogens with zero attached hydrogens (tertiary/aromatic N) is 3. The number of nitrogens with one attached hydrogen (secondary N) is 1. The lowest BCUT2D eigenvalue weighted by atomic mass is 10.1. The van der Waals surface area contributed by atoms with Gasteiger partial charge in [0.25, 0.3) is 5.69 Å². The van der Waals surface area contributed by atoms with Crippen LogP contribution in [0.25, 0.3) is 11.0 Å². The molecule has 0 radical (unpaired) electrons. The molecule has 3 N–H and O–H groups in total. The highest BCUT2D eigenvalue weighted by Crippen LogP contribution is 2.28. The quantitative estimate of drug-likeness (QED) is 0.212. The minimum Gasteiger partial charge on any atom is -0.494 e. The Kier molecular flexibility index (Phi) is 8.18. The molecule has 1 fully saturated rings. The van der Waals surface area contributed by atoms with E-state index in [9.17, 15) is 24.5 Å². The van der Waals surface area contributed by atoms with Gasteiger partial charge >= 0.3 is 5.69 Å². The van der Waals surface area contributed by atoms with E-state index in [0.29, 0.717) is 30.9 Å². The van der Waals surface area contributed by atoms with Crippen LogP contribution in [0.2, 0.25) is 0 Å². The van der Waals surface area contributed by atoms with E-state index in [1.165, 1.54) is 21.6 Å². The number of imidazole rings is 1. The van der Waals surface area contributed by atoms with Crippen LogP contribution in [-0.2, 0) is 27.3 Å². The van der Waals surface area contributed by atoms with Crippen LogP contribution in [0.1, 0.15) is 24.8 Å². The number of H-pyrrole nitrogens is 1. The highest BCUT2D eigenvalue weighted by molar-refractivity contribution is 5.91. The van der Waals surface area contributed by atoms with Gasteiger partial charge in [0.15, 0.2) is 0 Å². The number of aryl methyl sites for hydroxylation is 1. The van der Waals surface area contributed by atoms with Crippen LogP contribution < -0.4 is 16.2 Å². The molecule has 196 valence electrons. The predicted octanol–water partition coefficient (Wildman–Crippen LogP) is 1.74. The third-order valence-electron chi connectivity index (χ3n) is 6.22. The maximum absolute atomic E-state index is 13.3. The molecule has 0 spiro atoms. The fourth-order valence-electron chi connectivity index (χ4n) is 4.55. The van der Waals surface area contributed by atoms with Crippen molar-refractivity contribution in [3.8, 4) is 5.75 Å². The number of primary amides is 1. The molecule has 1 aliphatic heterocycles. The Morgan fingerprint density at radius 3 is 2.70 bits per heavy atom. The molecule has 3 aromatic rings. The summed E-state index contributed by atoms with van der Waals surface area (Å²) in [5, 5.41) is 11.9. The molecule has 0 saturated carbocycles. The van der Waals surface area contributed by atoms with Crippen molar-refractivity contribution in [3.63, 3.8) is 0 Å². The summed E-state index contributed by atoms with van der Waals surface area (Å²) in [6.45, 7) is 0.925. The van der Waals surface area contributed by atoms with Crippen LogP contribution in [0.15, 0.2) is 47.3 Å². The molecule has 12 heteroatoms. The average molecular weight is 512 g/mol. The first-order valence-corrected chi connectivity index (χ1v) is 12.1. The largest absolute Gasteiger partial charge is 0.494 e. The lowest BCUT2D eigenvalue weighted by Crippen LogP contribution is -2.43. The summed E-state index contributed by atoms with van der Waals surface area (Å²) < 4.78 is 12.7. The molecular weight excluding hydrogens is 482 g/mol. The molecule has 0 aliphatic carbocycles. The zero-order chi connectivity index (χ0) is 26.4. The fourth-order valence-corrected chi connectivity index (χ4v) is 4.55. The Hall–Kier alpha value is -4.19. The number of nitrogens with two attached hydrogens (primary N) is 1. The van der Waals surface area contributed by atoms with Gasteiger partial charge in [-0.25, -0.2) is 4.79 Å². The van der Waals surface area contributed by atoms with E-state index >= 15 is 0 Å². The molecule has 37 heavy (non-hydrogen) atoms. The summed E-state index contributed by atoms with van der Waals surface area (Å²) in [5.41, 5.74) is 5.38. The number of ether oxygens (including phenoxy) is 2. The lowest BCUT2D eigenvalue weighted by Gasteiger charge is -2.24. The van der Waals surface area contributed by atoms with E-state index in [2.05, 4.69) is 4.98 Å². The van der Waals surface area contributed by atoms with Gasteiger partial charge in [-0.2, -0.15) is 0 Å². The molecule has 1 saturated heterocycles. The number of para-hydroxylation sites is 1. The SMILES string of the molecule is NC(=O)CN(CC1CCCO1)C(=O)Cc1c([N+](=O)[O-])ccc2[nH]c(=O)n(CCCOc3ccccc3)c12. The van der Waals surface area contributed by atoms with Crippen LogP contribution in [0, 0.1) is 10.1 Å². The van der Waals surface area contributed by atoms with Crippen molar-refractivity contribution in [2.75, 3.05) is 26.3 Å². The maximum atomic E-state index is 13.3. The Bertz CT molecular complexity index is 1330. The van der Waals surface area contributed by atoms with Crippen molar-refractivity contribution < 1.29 is 24.0 Å². The number of aromatic amines is 1. The van der Waals surface area contributed by atoms with E-state index in [4.69, 9.17) is 15.2 Å². The molecule has 2 heterocycles. The van der Waals surface area contributed by atoms with Gasteiger partial charge in [-0.3, -0.25) is 24.3 Å². The number of amides is 2. The summed E-state index contributed by atoms with van der Waals surface area (Å²) in [4.78, 5) is 53.0. The second-order valence-corrected chi connectivity index (χ2v) is 8.87. The molecule has 1 aromatic heterocycles. The number of carbonyl (C=O) groups excluding carboxylic acids is 2. The second-order valence-electron chi connectivity index (χ2n) is 8.87. The molecule has 2 amide bonds. The maximum Gasteiger partial charge on any atom is 0.326 e. The van der Waals surface area contributed by atoms with Crippen molar-refractivity contribution in [3.05, 3.63) is 68.6 Å². The lowest BCUT2D eigenvalue weighted by molar-refractivity contribution is -0.385. The smallest absolute Gasteiger partial charge is 0.326 e. The van der Waals surface area contributed by atoms with Gasteiger partial charge in [0.05, 0.1) is 47.2 Å². The molecule has 0 bridgehead atoms. The Morgan fingerprint density at radius 1 is 1.24 bits per heavy atom. The van der Waals surface area contributed by atoms with E-state index in [0.717, 1.165) is 12.8 Å². The second kappa shape index (κ2) is 11.7. The van der Waals surface area contributed by atoms with Gasteiger partial charge in [-0.1, -0.05) is 18.2 Å². The number of hydrogen-bond acceptors (Lipinski definition) is 7. The van der Waals surface area contributed by atoms with Crippen molar-refractivity contribution in [2.24, 2.45) is 5.73 Å². The van der Waals surface area contributed by atoms with Crippen LogP contribution in [-0.4, -0.2) is 63.6 Å². The minimum atomic E-state index is -0.698. The number of aromatic nitrogens is 2. The molecule has 1 unspecified atom stereocenters. The van der Waals surface area contributed by atoms with Gasteiger partial charge in [0, 0.05) is 25.8 Å². The van der Waals surface area contributed by atoms with Crippen LogP contribution >= 0.6 is 0 Å². The van der Waals surface area contributed by atoms with Gasteiger partial charge in [0.2, 0.25) is 11.8 Å². The molecule has 2 aromatic carbocycles. The van der Waals surface area contributed by atoms with Gasteiger partial charge in [-0.15, -0.1) is 0 Å². The fraction of sp³-hybridized carbons (Fsp3) is 0.400. The minimum absolute atomic E-state index is 0.0941. The van der Waals surface area contributed by atoms with Crippen molar-refractivity contribution in [1.29, 1.82) is 0 Å². The number of fused-ring (bicyclic) bond motifs is 1. The van der Waals surface area contributed by atoms with E-state index < -0.39 is 22.4 Å². The average Bonchev–Trinajstić information content (AvgIpc) is 3.49. The Morgan fingerprint density at radius 2 is 2.03 bits per heavy atom. The Labute approximate surface area is 212 Å². The van der Waals surface area contributed by atoms with Crippen molar-refractivity contribution >= 4 is 28.5 Å². The molecule has 1 aliphatic rings. The van der Waals surface area contributed by atoms with E-state index in [1.807, 2.05) is 30.3 Å². The first-order valence-electron chi connectivity index (χ1n) is 12.1. The summed E-state index contributed by atoms with van der Waals surface area (Å²) >= 11 is 0. The highest BCUT2D eigenvalue weighted by Gasteiger charge is 2.28. The third-order valence-corrected chi connectivity index (χ3v) is 6.22. The third kappa shape index (κ3) is 6.33. The number of nitro benzene ring substituents is 1. The number of carbonyl (C=O) groups is 2. The predicted molar refractivity (Wildman–Crippen MR) is 134 cm³/mol. The first kappa shape index (κ1) is 25.9. The van der Waals surface area contributed by atoms with E-state index in [-0.39, 0.29) is 48.9 Å². The van der Waals surface area contributed by atoms with Crippen LogP contribution in [0.5, 0.6) is 5.75 Å². The number of rotatable bonds is 12. The zero-order valence-corrected chi connectivity index (χ0v) is 20.3. The number of benzene rings is 2. The topological polar surface area (TPSA) is 163 Å². The summed E-state index contributed by atoms with van der Waals surface area (Å²) in [5.74, 6) is -0.523. The van der Waals surface area contributed by atoms with Gasteiger partial charge < -0.3 is 25.1 Å². The molecule has 4 rings (SSSR count). The molecule has 1 atom stereocenters. The van der Waals surface area contributed by atoms with Crippen molar-refractivity contribution in [2.45, 2.75) is 38.3 Å². The number of nitro groups is 1. The summed E-state index contributed by atoms with van der Waals surface area (Å²) in [6, 6.07) is 11.9. The monoisotopic (exact) mass is 511 g/mol. The number of hydrogen-bond donors (Lipinski definition) is 2. The van der Waals surface area contributed by atoms with Crippen LogP contribution in [0.4, 0.5) is 5.69 Å². The van der Waals surface area contributed by atoms with Crippen molar-refractivity contribution in [1.82, 2.24) is 14.5 Å².